The average Bonchev–Trinajstić information content (AvgIpc) is 3.20. The minimum Gasteiger partial charge on any atom is -0.328 e. The van der Waals surface area contributed by atoms with Crippen molar-refractivity contribution in [1.29, 1.82) is 0 Å². The van der Waals surface area contributed by atoms with Crippen molar-refractivity contribution >= 4 is 22.5 Å². The molecule has 0 spiro atoms. The summed E-state index contributed by atoms with van der Waals surface area (Å²) in [7, 11) is 3.42. The van der Waals surface area contributed by atoms with Crippen molar-refractivity contribution < 1.29 is 0 Å². The van der Waals surface area contributed by atoms with Crippen molar-refractivity contribution in [3.05, 3.63) is 42.7 Å². The molecule has 0 aromatic carbocycles. The maximum absolute atomic E-state index is 12.8. The molecule has 28 heavy (non-hydrogen) atoms. The fourth-order valence-electron chi connectivity index (χ4n) is 3.57. The van der Waals surface area contributed by atoms with E-state index in [2.05, 4.69) is 18.8 Å². The number of fused-ring (bicyclic) bond motifs is 1. The van der Waals surface area contributed by atoms with E-state index in [1.165, 1.54) is 28.4 Å². The SMILES string of the molecule is CCCCC(C)Cc1nc(C)c(CCn2c(=O)c3c(ncn3C)n(C)c2=O)s1. The summed E-state index contributed by atoms with van der Waals surface area (Å²) in [5.41, 5.74) is 1.27. The zero-order valence-corrected chi connectivity index (χ0v) is 18.2. The maximum Gasteiger partial charge on any atom is 0.332 e. The fourth-order valence-corrected chi connectivity index (χ4v) is 4.79. The van der Waals surface area contributed by atoms with Gasteiger partial charge < -0.3 is 4.57 Å². The highest BCUT2D eigenvalue weighted by Gasteiger charge is 2.16. The first-order valence-corrected chi connectivity index (χ1v) is 10.7. The van der Waals surface area contributed by atoms with E-state index in [0.29, 0.717) is 30.0 Å². The largest absolute Gasteiger partial charge is 0.332 e. The quantitative estimate of drug-likeness (QED) is 0.580. The molecule has 0 bridgehead atoms. The van der Waals surface area contributed by atoms with Gasteiger partial charge in [-0.2, -0.15) is 0 Å². The minimum atomic E-state index is -0.327. The van der Waals surface area contributed by atoms with Crippen LogP contribution in [0.2, 0.25) is 0 Å². The lowest BCUT2D eigenvalue weighted by Crippen LogP contribution is -2.40. The van der Waals surface area contributed by atoms with Crippen molar-refractivity contribution in [2.75, 3.05) is 0 Å². The number of aromatic nitrogens is 5. The lowest BCUT2D eigenvalue weighted by atomic mass is 10.0. The minimum absolute atomic E-state index is 0.284. The Morgan fingerprint density at radius 3 is 2.71 bits per heavy atom. The van der Waals surface area contributed by atoms with E-state index in [0.717, 1.165) is 22.0 Å². The van der Waals surface area contributed by atoms with Gasteiger partial charge in [0.2, 0.25) is 0 Å². The third-order valence-corrected chi connectivity index (χ3v) is 6.51. The van der Waals surface area contributed by atoms with Gasteiger partial charge in [-0.1, -0.05) is 33.1 Å². The summed E-state index contributed by atoms with van der Waals surface area (Å²) < 4.78 is 4.42. The first-order valence-electron chi connectivity index (χ1n) is 9.89. The molecule has 0 saturated carbocycles. The molecule has 7 nitrogen and oxygen atoms in total. The smallest absolute Gasteiger partial charge is 0.328 e. The molecule has 0 fully saturated rings. The number of hydrogen-bond donors (Lipinski definition) is 0. The van der Waals surface area contributed by atoms with Gasteiger partial charge in [0.05, 0.1) is 17.0 Å². The Hall–Kier alpha value is -2.22. The highest BCUT2D eigenvalue weighted by Crippen LogP contribution is 2.23. The molecular formula is C20H29N5O2S. The van der Waals surface area contributed by atoms with Crippen molar-refractivity contribution in [1.82, 2.24) is 23.7 Å². The van der Waals surface area contributed by atoms with Crippen LogP contribution in [0.4, 0.5) is 0 Å². The van der Waals surface area contributed by atoms with Crippen LogP contribution >= 0.6 is 11.3 Å². The molecule has 0 amide bonds. The van der Waals surface area contributed by atoms with Crippen molar-refractivity contribution in [3.8, 4) is 0 Å². The van der Waals surface area contributed by atoms with Crippen LogP contribution in [0, 0.1) is 12.8 Å². The molecule has 3 aromatic rings. The third-order valence-electron chi connectivity index (χ3n) is 5.27. The molecule has 1 unspecified atom stereocenters. The summed E-state index contributed by atoms with van der Waals surface area (Å²) in [6.07, 6.45) is 6.88. The van der Waals surface area contributed by atoms with Crippen molar-refractivity contribution in [2.45, 2.75) is 59.4 Å². The Labute approximate surface area is 168 Å². The number of hydrogen-bond acceptors (Lipinski definition) is 5. The van der Waals surface area contributed by atoms with E-state index in [9.17, 15) is 9.59 Å². The van der Waals surface area contributed by atoms with E-state index < -0.39 is 0 Å². The van der Waals surface area contributed by atoms with Gasteiger partial charge in [-0.25, -0.2) is 14.8 Å². The third kappa shape index (κ3) is 3.97. The normalized spacial score (nSPS) is 12.8. The van der Waals surface area contributed by atoms with Gasteiger partial charge in [-0.3, -0.25) is 13.9 Å². The lowest BCUT2D eigenvalue weighted by molar-refractivity contribution is 0.502. The summed E-state index contributed by atoms with van der Waals surface area (Å²) >= 11 is 1.71. The molecule has 3 rings (SSSR count). The summed E-state index contributed by atoms with van der Waals surface area (Å²) in [6, 6.07) is 0. The van der Waals surface area contributed by atoms with Gasteiger partial charge >= 0.3 is 5.69 Å². The standard InChI is InChI=1S/C20H29N5O2S/c1-6-7-8-13(2)11-16-22-14(3)15(28-16)9-10-25-19(26)17-18(21-12-23(17)4)24(5)20(25)27/h12-13H,6-11H2,1-5H3. The van der Waals surface area contributed by atoms with Crippen LogP contribution in [0.15, 0.2) is 15.9 Å². The van der Waals surface area contributed by atoms with Crippen LogP contribution in [-0.2, 0) is 33.5 Å². The second-order valence-corrected chi connectivity index (χ2v) is 8.81. The first-order chi connectivity index (χ1) is 13.3. The van der Waals surface area contributed by atoms with Gasteiger partial charge in [0.25, 0.3) is 5.56 Å². The number of thiazole rings is 1. The van der Waals surface area contributed by atoms with Crippen molar-refractivity contribution in [2.24, 2.45) is 20.0 Å². The van der Waals surface area contributed by atoms with E-state index in [1.54, 1.807) is 36.3 Å². The molecule has 152 valence electrons. The number of rotatable bonds is 8. The van der Waals surface area contributed by atoms with E-state index in [1.807, 2.05) is 6.92 Å². The van der Waals surface area contributed by atoms with E-state index in [-0.39, 0.29) is 11.2 Å². The van der Waals surface area contributed by atoms with Crippen LogP contribution in [0.3, 0.4) is 0 Å². The predicted molar refractivity (Wildman–Crippen MR) is 113 cm³/mol. The molecule has 0 radical (unpaired) electrons. The van der Waals surface area contributed by atoms with Crippen LogP contribution in [0.1, 0.15) is 48.7 Å². The van der Waals surface area contributed by atoms with Gasteiger partial charge in [-0.15, -0.1) is 11.3 Å². The highest BCUT2D eigenvalue weighted by molar-refractivity contribution is 7.11. The Kier molecular flexibility index (Phi) is 6.17. The molecule has 8 heteroatoms. The Morgan fingerprint density at radius 2 is 2.00 bits per heavy atom. The molecule has 0 aliphatic heterocycles. The van der Waals surface area contributed by atoms with Gasteiger partial charge in [0, 0.05) is 38.4 Å². The van der Waals surface area contributed by atoms with E-state index in [4.69, 9.17) is 4.98 Å². The van der Waals surface area contributed by atoms with Gasteiger partial charge in [0.1, 0.15) is 0 Å². The molecule has 1 atom stereocenters. The van der Waals surface area contributed by atoms with Gasteiger partial charge in [0.15, 0.2) is 11.2 Å². The van der Waals surface area contributed by atoms with Crippen molar-refractivity contribution in [3.63, 3.8) is 0 Å². The fraction of sp³-hybridized carbons (Fsp3) is 0.600. The number of nitrogens with zero attached hydrogens (tertiary/aromatic N) is 5. The van der Waals surface area contributed by atoms with Crippen LogP contribution < -0.4 is 11.2 Å². The summed E-state index contributed by atoms with van der Waals surface area (Å²) in [6.45, 7) is 6.85. The molecular weight excluding hydrogens is 374 g/mol. The topological polar surface area (TPSA) is 74.7 Å². The summed E-state index contributed by atoms with van der Waals surface area (Å²) in [4.78, 5) is 35.5. The molecule has 0 saturated heterocycles. The molecule has 0 aliphatic rings. The molecule has 0 aliphatic carbocycles. The summed E-state index contributed by atoms with van der Waals surface area (Å²) in [5.74, 6) is 0.625. The summed E-state index contributed by atoms with van der Waals surface area (Å²) in [5, 5.41) is 1.15. The number of aryl methyl sites for hydroxylation is 4. The first kappa shape index (κ1) is 20.5. The Morgan fingerprint density at radius 1 is 1.25 bits per heavy atom. The Bertz CT molecular complexity index is 1090. The van der Waals surface area contributed by atoms with Crippen LogP contribution in [0.5, 0.6) is 0 Å². The zero-order valence-electron chi connectivity index (χ0n) is 17.4. The Balaban J connectivity index is 1.81. The average molecular weight is 404 g/mol. The highest BCUT2D eigenvalue weighted by atomic mass is 32.1. The van der Waals surface area contributed by atoms with E-state index >= 15 is 0 Å². The molecule has 3 heterocycles. The number of imidazole rings is 1. The molecule has 0 N–H and O–H groups in total. The van der Waals surface area contributed by atoms with Crippen LogP contribution in [0.25, 0.3) is 11.2 Å². The lowest BCUT2D eigenvalue weighted by Gasteiger charge is -2.08. The monoisotopic (exact) mass is 403 g/mol. The second-order valence-electron chi connectivity index (χ2n) is 7.64. The van der Waals surface area contributed by atoms with Crippen LogP contribution in [-0.4, -0.2) is 23.7 Å². The maximum atomic E-state index is 12.8. The second kappa shape index (κ2) is 8.43. The molecule has 3 aromatic heterocycles. The number of unbranched alkanes of at least 4 members (excludes halogenated alkanes) is 1. The van der Waals surface area contributed by atoms with Gasteiger partial charge in [-0.05, 0) is 12.8 Å². The zero-order chi connectivity index (χ0) is 20.4. The predicted octanol–water partition coefficient (Wildman–Crippen LogP) is 2.81.